The lowest BCUT2D eigenvalue weighted by Gasteiger charge is -2.22. The molecule has 5 nitrogen and oxygen atoms in total. The van der Waals surface area contributed by atoms with Gasteiger partial charge in [0, 0.05) is 21.0 Å². The van der Waals surface area contributed by atoms with Crippen LogP contribution in [0.5, 0.6) is 5.75 Å². The summed E-state index contributed by atoms with van der Waals surface area (Å²) < 4.78 is 8.79. The Balaban J connectivity index is 1.88. The highest BCUT2D eigenvalue weighted by Gasteiger charge is 2.22. The number of halogens is 3. The van der Waals surface area contributed by atoms with Crippen LogP contribution in [0.1, 0.15) is 56.3 Å². The Bertz CT molecular complexity index is 1200. The number of nitrogens with zero attached hydrogens (tertiary/aromatic N) is 3. The van der Waals surface area contributed by atoms with Crippen LogP contribution in [-0.4, -0.2) is 22.5 Å². The van der Waals surface area contributed by atoms with E-state index in [4.69, 9.17) is 21.3 Å². The molecule has 1 aliphatic carbocycles. The number of fused-ring (bicyclic) bond motifs is 1. The second kappa shape index (κ2) is 9.84. The van der Waals surface area contributed by atoms with E-state index in [2.05, 4.69) is 37.0 Å². The zero-order valence-corrected chi connectivity index (χ0v) is 21.0. The largest absolute Gasteiger partial charge is 0.492 e. The van der Waals surface area contributed by atoms with Crippen LogP contribution in [-0.2, 0) is 0 Å². The Hall–Kier alpha value is -1.70. The van der Waals surface area contributed by atoms with E-state index >= 15 is 0 Å². The van der Waals surface area contributed by atoms with Gasteiger partial charge in [0.2, 0.25) is 0 Å². The minimum Gasteiger partial charge on any atom is -0.492 e. The first kappa shape index (κ1) is 22.5. The normalized spacial score (nSPS) is 15.1. The van der Waals surface area contributed by atoms with Gasteiger partial charge < -0.3 is 4.74 Å². The highest BCUT2D eigenvalue weighted by molar-refractivity contribution is 9.10. The van der Waals surface area contributed by atoms with Crippen molar-refractivity contribution in [1.82, 2.24) is 9.66 Å². The Morgan fingerprint density at radius 2 is 2.00 bits per heavy atom. The molecule has 2 aromatic carbocycles. The molecule has 1 heterocycles. The van der Waals surface area contributed by atoms with Crippen molar-refractivity contribution in [3.05, 3.63) is 66.0 Å². The van der Waals surface area contributed by atoms with Gasteiger partial charge in [-0.3, -0.25) is 4.79 Å². The quantitative estimate of drug-likeness (QED) is 0.315. The molecule has 1 aromatic heterocycles. The van der Waals surface area contributed by atoms with Gasteiger partial charge in [0.25, 0.3) is 5.56 Å². The van der Waals surface area contributed by atoms with Crippen molar-refractivity contribution in [1.29, 1.82) is 0 Å². The van der Waals surface area contributed by atoms with Gasteiger partial charge in [0.15, 0.2) is 0 Å². The monoisotopic (exact) mass is 565 g/mol. The number of rotatable bonds is 5. The molecular formula is C23H22Br2ClN3O2. The molecule has 0 bridgehead atoms. The van der Waals surface area contributed by atoms with Crippen LogP contribution in [0.4, 0.5) is 0 Å². The number of hydrogen-bond donors (Lipinski definition) is 0. The summed E-state index contributed by atoms with van der Waals surface area (Å²) in [5, 5.41) is 5.68. The van der Waals surface area contributed by atoms with Crippen LogP contribution >= 0.6 is 43.5 Å². The van der Waals surface area contributed by atoms with Gasteiger partial charge in [0.05, 0.1) is 28.2 Å². The minimum absolute atomic E-state index is 0.179. The van der Waals surface area contributed by atoms with Crippen LogP contribution in [0.2, 0.25) is 5.02 Å². The summed E-state index contributed by atoms with van der Waals surface area (Å²) in [5.41, 5.74) is 1.21. The first-order valence-electron chi connectivity index (χ1n) is 10.4. The second-order valence-electron chi connectivity index (χ2n) is 7.57. The summed E-state index contributed by atoms with van der Waals surface area (Å²) in [4.78, 5) is 18.3. The number of benzene rings is 2. The fraction of sp³-hybridized carbons (Fsp3) is 0.348. The van der Waals surface area contributed by atoms with Gasteiger partial charge in [-0.1, -0.05) is 46.8 Å². The van der Waals surface area contributed by atoms with Crippen molar-refractivity contribution in [3.63, 3.8) is 0 Å². The van der Waals surface area contributed by atoms with Crippen LogP contribution < -0.4 is 10.3 Å². The standard InChI is InChI=1S/C23H22Br2ClN3O2/c1-2-31-21-15(10-17(26)12-19(21)25)13-27-29-22(14-6-4-3-5-7-14)28-20-9-8-16(24)11-18(20)23(29)30/h8-14H,2-7H2,1H3. The SMILES string of the molecule is CCOc1c(Br)cc(Cl)cc1C=Nn1c(C2CCCCC2)nc2ccc(Br)cc2c1=O. The topological polar surface area (TPSA) is 56.5 Å². The minimum atomic E-state index is -0.179. The van der Waals surface area contributed by atoms with Crippen molar-refractivity contribution in [2.24, 2.45) is 5.10 Å². The molecule has 0 aliphatic heterocycles. The van der Waals surface area contributed by atoms with E-state index in [1.807, 2.05) is 19.1 Å². The first-order chi connectivity index (χ1) is 15.0. The van der Waals surface area contributed by atoms with Gasteiger partial charge in [-0.05, 0) is 66.0 Å². The van der Waals surface area contributed by atoms with Crippen LogP contribution in [0, 0.1) is 0 Å². The molecule has 1 saturated carbocycles. The van der Waals surface area contributed by atoms with Gasteiger partial charge in [-0.25, -0.2) is 4.98 Å². The smallest absolute Gasteiger partial charge is 0.282 e. The van der Waals surface area contributed by atoms with E-state index in [1.54, 1.807) is 24.4 Å². The predicted octanol–water partition coefficient (Wildman–Crippen LogP) is 6.90. The molecule has 0 unspecified atom stereocenters. The molecule has 1 aliphatic rings. The number of aromatic nitrogens is 2. The van der Waals surface area contributed by atoms with Crippen LogP contribution in [0.3, 0.4) is 0 Å². The average Bonchev–Trinajstić information content (AvgIpc) is 2.76. The van der Waals surface area contributed by atoms with E-state index in [-0.39, 0.29) is 11.5 Å². The lowest BCUT2D eigenvalue weighted by atomic mass is 9.88. The van der Waals surface area contributed by atoms with E-state index in [0.29, 0.717) is 33.8 Å². The lowest BCUT2D eigenvalue weighted by Crippen LogP contribution is -2.25. The Labute approximate surface area is 202 Å². The molecule has 3 aromatic rings. The molecule has 0 amide bonds. The van der Waals surface area contributed by atoms with Crippen molar-refractivity contribution in [2.45, 2.75) is 44.9 Å². The Kier molecular flexibility index (Phi) is 7.14. The lowest BCUT2D eigenvalue weighted by molar-refractivity contribution is 0.337. The zero-order valence-electron chi connectivity index (χ0n) is 17.1. The third-order valence-electron chi connectivity index (χ3n) is 5.44. The van der Waals surface area contributed by atoms with E-state index in [0.717, 1.165) is 40.5 Å². The summed E-state index contributed by atoms with van der Waals surface area (Å²) in [5.74, 6) is 1.57. The van der Waals surface area contributed by atoms with Crippen molar-refractivity contribution < 1.29 is 4.74 Å². The van der Waals surface area contributed by atoms with Crippen LogP contribution in [0.15, 0.2) is 49.2 Å². The highest BCUT2D eigenvalue weighted by atomic mass is 79.9. The maximum atomic E-state index is 13.4. The summed E-state index contributed by atoms with van der Waals surface area (Å²) in [6.45, 7) is 2.42. The zero-order chi connectivity index (χ0) is 22.0. The molecule has 31 heavy (non-hydrogen) atoms. The first-order valence-corrected chi connectivity index (χ1v) is 12.3. The molecule has 1 fully saturated rings. The molecule has 8 heteroatoms. The second-order valence-corrected chi connectivity index (χ2v) is 9.77. The summed E-state index contributed by atoms with van der Waals surface area (Å²) in [7, 11) is 0. The fourth-order valence-corrected chi connectivity index (χ4v) is 5.30. The fourth-order valence-electron chi connectivity index (χ4n) is 4.00. The van der Waals surface area contributed by atoms with E-state index in [1.165, 1.54) is 11.1 Å². The van der Waals surface area contributed by atoms with Gasteiger partial charge in [-0.2, -0.15) is 9.78 Å². The number of ether oxygens (including phenoxy) is 1. The molecule has 0 radical (unpaired) electrons. The third-order valence-corrected chi connectivity index (χ3v) is 6.74. The van der Waals surface area contributed by atoms with Gasteiger partial charge in [-0.15, -0.1) is 0 Å². The number of hydrogen-bond acceptors (Lipinski definition) is 4. The Morgan fingerprint density at radius 3 is 2.74 bits per heavy atom. The van der Waals surface area contributed by atoms with Gasteiger partial charge in [0.1, 0.15) is 11.6 Å². The summed E-state index contributed by atoms with van der Waals surface area (Å²) in [6, 6.07) is 9.13. The summed E-state index contributed by atoms with van der Waals surface area (Å²) >= 11 is 13.2. The molecule has 4 rings (SSSR count). The molecular weight excluding hydrogens is 546 g/mol. The van der Waals surface area contributed by atoms with Crippen molar-refractivity contribution in [2.75, 3.05) is 6.61 Å². The molecule has 162 valence electrons. The highest BCUT2D eigenvalue weighted by Crippen LogP contribution is 2.33. The predicted molar refractivity (Wildman–Crippen MR) is 133 cm³/mol. The maximum Gasteiger partial charge on any atom is 0.282 e. The molecule has 0 atom stereocenters. The van der Waals surface area contributed by atoms with Crippen molar-refractivity contribution in [3.8, 4) is 5.75 Å². The molecule has 0 N–H and O–H groups in total. The summed E-state index contributed by atoms with van der Waals surface area (Å²) in [6.07, 6.45) is 7.14. The average molecular weight is 568 g/mol. The Morgan fingerprint density at radius 1 is 1.23 bits per heavy atom. The van der Waals surface area contributed by atoms with Gasteiger partial charge >= 0.3 is 0 Å². The van der Waals surface area contributed by atoms with Crippen molar-refractivity contribution >= 4 is 60.6 Å². The maximum absolute atomic E-state index is 13.4. The van der Waals surface area contributed by atoms with E-state index in [9.17, 15) is 4.79 Å². The third kappa shape index (κ3) is 4.89. The molecule has 0 spiro atoms. The van der Waals surface area contributed by atoms with Crippen LogP contribution in [0.25, 0.3) is 10.9 Å². The molecule has 0 saturated heterocycles. The van der Waals surface area contributed by atoms with E-state index < -0.39 is 0 Å².